The summed E-state index contributed by atoms with van der Waals surface area (Å²) in [5.74, 6) is 0.225. The summed E-state index contributed by atoms with van der Waals surface area (Å²) in [6, 6.07) is 1.53. The van der Waals surface area contributed by atoms with Crippen LogP contribution in [0.2, 0.25) is 0 Å². The number of aromatic nitrogens is 5. The van der Waals surface area contributed by atoms with Crippen molar-refractivity contribution in [3.8, 4) is 0 Å². The summed E-state index contributed by atoms with van der Waals surface area (Å²) in [7, 11) is 3.23. The van der Waals surface area contributed by atoms with Crippen molar-refractivity contribution >= 4 is 11.9 Å². The van der Waals surface area contributed by atoms with Crippen molar-refractivity contribution in [1.82, 2.24) is 24.5 Å². The maximum absolute atomic E-state index is 12.4. The predicted octanol–water partition coefficient (Wildman–Crippen LogP) is 1.17. The van der Waals surface area contributed by atoms with Gasteiger partial charge in [-0.15, -0.1) is 0 Å². The Bertz CT molecular complexity index is 757. The van der Waals surface area contributed by atoms with E-state index in [2.05, 4.69) is 20.5 Å². The van der Waals surface area contributed by atoms with Crippen LogP contribution in [0.15, 0.2) is 23.7 Å². The predicted molar refractivity (Wildman–Crippen MR) is 79.1 cm³/mol. The van der Waals surface area contributed by atoms with Gasteiger partial charge in [-0.1, -0.05) is 6.92 Å². The number of ether oxygens (including phenoxy) is 1. The number of aryl methyl sites for hydroxylation is 2. The van der Waals surface area contributed by atoms with Gasteiger partial charge in [0.05, 0.1) is 24.1 Å². The molecular formula is C14H18N6O2. The summed E-state index contributed by atoms with van der Waals surface area (Å²) in [6.45, 7) is 3.89. The first-order valence-corrected chi connectivity index (χ1v) is 7.05. The van der Waals surface area contributed by atoms with Gasteiger partial charge in [0, 0.05) is 12.7 Å². The standard InChI is InChI=1S/C14H18N6O2/c1-5-9-11(13(21)22-4)12(10-6-8(2)18-19(10)3)20-14(17-9)15-7-16-20/h6-7,12H,5H2,1-4H3,(H,15,16,17)/t12-/m0/s1. The minimum atomic E-state index is -0.410. The van der Waals surface area contributed by atoms with E-state index in [1.807, 2.05) is 27.0 Å². The Kier molecular flexibility index (Phi) is 3.44. The van der Waals surface area contributed by atoms with Crippen molar-refractivity contribution in [2.75, 3.05) is 12.4 Å². The summed E-state index contributed by atoms with van der Waals surface area (Å²) in [4.78, 5) is 16.6. The zero-order valence-electron chi connectivity index (χ0n) is 13.0. The number of allylic oxidation sites excluding steroid dienone is 1. The molecule has 0 saturated heterocycles. The summed E-state index contributed by atoms with van der Waals surface area (Å²) < 4.78 is 8.42. The lowest BCUT2D eigenvalue weighted by atomic mass is 9.98. The Morgan fingerprint density at radius 1 is 1.50 bits per heavy atom. The van der Waals surface area contributed by atoms with Gasteiger partial charge in [-0.3, -0.25) is 4.68 Å². The molecule has 8 heteroatoms. The van der Waals surface area contributed by atoms with E-state index >= 15 is 0 Å². The molecule has 0 bridgehead atoms. The van der Waals surface area contributed by atoms with E-state index in [1.165, 1.54) is 13.4 Å². The Morgan fingerprint density at radius 2 is 2.27 bits per heavy atom. The minimum Gasteiger partial charge on any atom is -0.466 e. The van der Waals surface area contributed by atoms with E-state index in [1.54, 1.807) is 9.36 Å². The molecule has 1 atom stereocenters. The highest BCUT2D eigenvalue weighted by Gasteiger charge is 2.36. The van der Waals surface area contributed by atoms with E-state index in [0.717, 1.165) is 17.1 Å². The third kappa shape index (κ3) is 2.07. The number of methoxy groups -OCH3 is 1. The first-order chi connectivity index (χ1) is 10.6. The first kappa shape index (κ1) is 14.3. The van der Waals surface area contributed by atoms with Crippen LogP contribution < -0.4 is 5.32 Å². The molecule has 3 heterocycles. The Balaban J connectivity index is 2.24. The third-order valence-corrected chi connectivity index (χ3v) is 3.76. The molecule has 0 fully saturated rings. The smallest absolute Gasteiger partial charge is 0.338 e. The van der Waals surface area contributed by atoms with Crippen molar-refractivity contribution in [1.29, 1.82) is 0 Å². The van der Waals surface area contributed by atoms with Gasteiger partial charge in [0.1, 0.15) is 12.4 Å². The maximum atomic E-state index is 12.4. The minimum absolute atomic E-state index is 0.380. The molecule has 3 rings (SSSR count). The molecule has 1 N–H and O–H groups in total. The van der Waals surface area contributed by atoms with Crippen LogP contribution in [0.5, 0.6) is 0 Å². The van der Waals surface area contributed by atoms with Crippen LogP contribution in [0.1, 0.15) is 30.8 Å². The fraction of sp³-hybridized carbons (Fsp3) is 0.429. The van der Waals surface area contributed by atoms with Crippen LogP contribution in [-0.4, -0.2) is 37.6 Å². The molecule has 22 heavy (non-hydrogen) atoms. The van der Waals surface area contributed by atoms with Crippen molar-refractivity contribution in [2.45, 2.75) is 26.3 Å². The lowest BCUT2D eigenvalue weighted by Crippen LogP contribution is -2.31. The van der Waals surface area contributed by atoms with Crippen LogP contribution >= 0.6 is 0 Å². The molecule has 0 radical (unpaired) electrons. The number of hydrogen-bond acceptors (Lipinski definition) is 6. The first-order valence-electron chi connectivity index (χ1n) is 7.05. The zero-order valence-corrected chi connectivity index (χ0v) is 13.0. The third-order valence-electron chi connectivity index (χ3n) is 3.76. The van der Waals surface area contributed by atoms with E-state index < -0.39 is 6.04 Å². The maximum Gasteiger partial charge on any atom is 0.338 e. The van der Waals surface area contributed by atoms with Crippen molar-refractivity contribution < 1.29 is 9.53 Å². The number of nitrogens with one attached hydrogen (secondary N) is 1. The number of carbonyl (C=O) groups is 1. The lowest BCUT2D eigenvalue weighted by Gasteiger charge is -2.28. The van der Waals surface area contributed by atoms with Gasteiger partial charge in [0.2, 0.25) is 5.95 Å². The molecule has 1 aliphatic heterocycles. The second-order valence-corrected chi connectivity index (χ2v) is 5.13. The van der Waals surface area contributed by atoms with Crippen molar-refractivity contribution in [2.24, 2.45) is 7.05 Å². The monoisotopic (exact) mass is 302 g/mol. The highest BCUT2D eigenvalue weighted by Crippen LogP contribution is 2.36. The summed E-state index contributed by atoms with van der Waals surface area (Å²) in [5.41, 5.74) is 3.05. The average Bonchev–Trinajstić information content (AvgIpc) is 3.10. The highest BCUT2D eigenvalue weighted by atomic mass is 16.5. The molecule has 1 aliphatic rings. The second-order valence-electron chi connectivity index (χ2n) is 5.13. The number of nitrogens with zero attached hydrogens (tertiary/aromatic N) is 5. The zero-order chi connectivity index (χ0) is 15.9. The Labute approximate surface area is 127 Å². The Hall–Kier alpha value is -2.64. The van der Waals surface area contributed by atoms with E-state index in [0.29, 0.717) is 17.9 Å². The van der Waals surface area contributed by atoms with Crippen LogP contribution in [0.4, 0.5) is 5.95 Å². The SMILES string of the molecule is CCC1=C(C(=O)OC)[C@H](c2cc(C)nn2C)n2ncnc2N1. The number of carbonyl (C=O) groups excluding carboxylic acids is 1. The second kappa shape index (κ2) is 5.28. The lowest BCUT2D eigenvalue weighted by molar-refractivity contribution is -0.136. The molecule has 8 nitrogen and oxygen atoms in total. The van der Waals surface area contributed by atoms with E-state index in [-0.39, 0.29) is 5.97 Å². The fourth-order valence-electron chi connectivity index (χ4n) is 2.80. The molecule has 2 aromatic rings. The number of hydrogen-bond donors (Lipinski definition) is 1. The van der Waals surface area contributed by atoms with Gasteiger partial charge in [0.25, 0.3) is 0 Å². The van der Waals surface area contributed by atoms with Gasteiger partial charge in [-0.05, 0) is 19.4 Å². The fourth-order valence-corrected chi connectivity index (χ4v) is 2.80. The highest BCUT2D eigenvalue weighted by molar-refractivity contribution is 5.92. The molecule has 0 spiro atoms. The molecule has 0 amide bonds. The topological polar surface area (TPSA) is 86.9 Å². The summed E-state index contributed by atoms with van der Waals surface area (Å²) >= 11 is 0. The van der Waals surface area contributed by atoms with Gasteiger partial charge in [-0.2, -0.15) is 15.2 Å². The van der Waals surface area contributed by atoms with E-state index in [4.69, 9.17) is 4.74 Å². The van der Waals surface area contributed by atoms with E-state index in [9.17, 15) is 4.79 Å². The van der Waals surface area contributed by atoms with Gasteiger partial charge < -0.3 is 10.1 Å². The number of rotatable bonds is 3. The van der Waals surface area contributed by atoms with Gasteiger partial charge in [-0.25, -0.2) is 9.48 Å². The van der Waals surface area contributed by atoms with Gasteiger partial charge >= 0.3 is 5.97 Å². The van der Waals surface area contributed by atoms with Crippen LogP contribution in [0.25, 0.3) is 0 Å². The van der Waals surface area contributed by atoms with Crippen molar-refractivity contribution in [3.63, 3.8) is 0 Å². The molecule has 0 saturated carbocycles. The van der Waals surface area contributed by atoms with Crippen LogP contribution in [-0.2, 0) is 16.6 Å². The van der Waals surface area contributed by atoms with Crippen LogP contribution in [0, 0.1) is 6.92 Å². The quantitative estimate of drug-likeness (QED) is 0.857. The molecule has 0 aliphatic carbocycles. The largest absolute Gasteiger partial charge is 0.466 e. The molecule has 0 aromatic carbocycles. The Morgan fingerprint density at radius 3 is 2.86 bits per heavy atom. The molecule has 0 unspecified atom stereocenters. The van der Waals surface area contributed by atoms with Gasteiger partial charge in [0.15, 0.2) is 0 Å². The normalized spacial score (nSPS) is 17.2. The van der Waals surface area contributed by atoms with Crippen molar-refractivity contribution in [3.05, 3.63) is 35.1 Å². The number of anilines is 1. The molecule has 2 aromatic heterocycles. The molecule has 116 valence electrons. The molecular weight excluding hydrogens is 284 g/mol. The number of esters is 1. The average molecular weight is 302 g/mol. The van der Waals surface area contributed by atoms with Crippen LogP contribution in [0.3, 0.4) is 0 Å². The summed E-state index contributed by atoms with van der Waals surface area (Å²) in [6.07, 6.45) is 2.12. The summed E-state index contributed by atoms with van der Waals surface area (Å²) in [5, 5.41) is 11.8. The number of fused-ring (bicyclic) bond motifs is 1.